The molecule has 1 N–H and O–H groups in total. The molecule has 0 spiro atoms. The molecule has 4 heteroatoms. The topological polar surface area (TPSA) is 32.3 Å². The number of likely N-dealkylation sites (tertiary alicyclic amines) is 1. The summed E-state index contributed by atoms with van der Waals surface area (Å²) in [5.41, 5.74) is 2.11. The van der Waals surface area contributed by atoms with E-state index in [1.54, 1.807) is 13.0 Å². The first-order valence-electron chi connectivity index (χ1n) is 6.80. The fourth-order valence-corrected chi connectivity index (χ4v) is 2.48. The molecule has 3 nitrogen and oxygen atoms in total. The third-order valence-corrected chi connectivity index (χ3v) is 3.83. The summed E-state index contributed by atoms with van der Waals surface area (Å²) in [6.07, 6.45) is 1.93. The molecule has 1 aromatic rings. The molecule has 104 valence electrons. The Morgan fingerprint density at radius 3 is 2.74 bits per heavy atom. The van der Waals surface area contributed by atoms with Crippen molar-refractivity contribution in [2.75, 3.05) is 13.1 Å². The molecule has 0 aromatic heterocycles. The molecular weight excluding hydrogens is 243 g/mol. The number of hydrogen-bond acceptors (Lipinski definition) is 2. The zero-order valence-corrected chi connectivity index (χ0v) is 11.6. The van der Waals surface area contributed by atoms with E-state index in [0.29, 0.717) is 12.6 Å². The number of piperidine rings is 1. The van der Waals surface area contributed by atoms with Crippen LogP contribution in [0.4, 0.5) is 4.39 Å². The standard InChI is InChI=1S/C15H21FN2O/c1-11-3-4-14(16)9-13(11)10-17-15-5-7-18(8-6-15)12(2)19/h3-4,9,15,17H,5-8,10H2,1-2H3. The lowest BCUT2D eigenvalue weighted by Crippen LogP contribution is -2.44. The first-order valence-corrected chi connectivity index (χ1v) is 6.80. The Kier molecular flexibility index (Phi) is 4.53. The van der Waals surface area contributed by atoms with Crippen LogP contribution < -0.4 is 5.32 Å². The highest BCUT2D eigenvalue weighted by Crippen LogP contribution is 2.13. The third-order valence-electron chi connectivity index (χ3n) is 3.83. The van der Waals surface area contributed by atoms with Crippen molar-refractivity contribution in [1.29, 1.82) is 0 Å². The first kappa shape index (κ1) is 14.0. The summed E-state index contributed by atoms with van der Waals surface area (Å²) in [5.74, 6) is -0.0341. The highest BCUT2D eigenvalue weighted by molar-refractivity contribution is 5.73. The number of halogens is 1. The summed E-state index contributed by atoms with van der Waals surface area (Å²) in [5, 5.41) is 3.46. The van der Waals surface area contributed by atoms with E-state index in [0.717, 1.165) is 37.1 Å². The van der Waals surface area contributed by atoms with Crippen molar-refractivity contribution in [2.45, 2.75) is 39.3 Å². The van der Waals surface area contributed by atoms with Crippen LogP contribution >= 0.6 is 0 Å². The molecular formula is C15H21FN2O. The van der Waals surface area contributed by atoms with Crippen molar-refractivity contribution in [3.05, 3.63) is 35.1 Å². The maximum Gasteiger partial charge on any atom is 0.219 e. The van der Waals surface area contributed by atoms with Gasteiger partial charge in [-0.3, -0.25) is 4.79 Å². The minimum Gasteiger partial charge on any atom is -0.343 e. The maximum absolute atomic E-state index is 13.2. The molecule has 19 heavy (non-hydrogen) atoms. The highest BCUT2D eigenvalue weighted by atomic mass is 19.1. The van der Waals surface area contributed by atoms with Gasteiger partial charge in [0.05, 0.1) is 0 Å². The lowest BCUT2D eigenvalue weighted by Gasteiger charge is -2.32. The molecule has 1 aliphatic heterocycles. The van der Waals surface area contributed by atoms with E-state index in [-0.39, 0.29) is 11.7 Å². The molecule has 1 heterocycles. The summed E-state index contributed by atoms with van der Waals surface area (Å²) < 4.78 is 13.2. The third kappa shape index (κ3) is 3.77. The van der Waals surface area contributed by atoms with Crippen molar-refractivity contribution >= 4 is 5.91 Å². The van der Waals surface area contributed by atoms with Crippen molar-refractivity contribution in [2.24, 2.45) is 0 Å². The number of rotatable bonds is 3. The normalized spacial score (nSPS) is 16.7. The van der Waals surface area contributed by atoms with E-state index < -0.39 is 0 Å². The Morgan fingerprint density at radius 1 is 1.42 bits per heavy atom. The van der Waals surface area contributed by atoms with Gasteiger partial charge in [0.1, 0.15) is 5.82 Å². The maximum atomic E-state index is 13.2. The second-order valence-electron chi connectivity index (χ2n) is 5.23. The van der Waals surface area contributed by atoms with Crippen LogP contribution in [0.25, 0.3) is 0 Å². The van der Waals surface area contributed by atoms with Crippen LogP contribution in [0.3, 0.4) is 0 Å². The van der Waals surface area contributed by atoms with E-state index >= 15 is 0 Å². The fourth-order valence-electron chi connectivity index (χ4n) is 2.48. The molecule has 2 rings (SSSR count). The number of nitrogens with zero attached hydrogens (tertiary/aromatic N) is 1. The van der Waals surface area contributed by atoms with Gasteiger partial charge in [-0.1, -0.05) is 6.07 Å². The Balaban J connectivity index is 1.83. The van der Waals surface area contributed by atoms with Gasteiger partial charge >= 0.3 is 0 Å². The number of carbonyl (C=O) groups is 1. The molecule has 0 bridgehead atoms. The number of nitrogens with one attached hydrogen (secondary N) is 1. The Hall–Kier alpha value is -1.42. The fraction of sp³-hybridized carbons (Fsp3) is 0.533. The van der Waals surface area contributed by atoms with Gasteiger partial charge in [0.25, 0.3) is 0 Å². The summed E-state index contributed by atoms with van der Waals surface area (Å²) in [6, 6.07) is 5.31. The van der Waals surface area contributed by atoms with Crippen molar-refractivity contribution in [1.82, 2.24) is 10.2 Å². The largest absolute Gasteiger partial charge is 0.343 e. The van der Waals surface area contributed by atoms with Gasteiger partial charge in [-0.15, -0.1) is 0 Å². The quantitative estimate of drug-likeness (QED) is 0.908. The Labute approximate surface area is 113 Å². The number of aryl methyl sites for hydroxylation is 1. The number of carbonyl (C=O) groups excluding carboxylic acids is 1. The first-order chi connectivity index (χ1) is 9.06. The predicted octanol–water partition coefficient (Wildman–Crippen LogP) is 2.23. The van der Waals surface area contributed by atoms with Gasteiger partial charge < -0.3 is 10.2 Å². The van der Waals surface area contributed by atoms with Crippen LogP contribution in [-0.4, -0.2) is 29.9 Å². The van der Waals surface area contributed by atoms with Crippen molar-refractivity contribution in [3.8, 4) is 0 Å². The smallest absolute Gasteiger partial charge is 0.219 e. The minimum atomic E-state index is -0.186. The molecule has 0 saturated carbocycles. The second kappa shape index (κ2) is 6.15. The Morgan fingerprint density at radius 2 is 2.11 bits per heavy atom. The molecule has 1 aliphatic rings. The molecule has 0 unspecified atom stereocenters. The molecule has 0 aliphatic carbocycles. The molecule has 0 radical (unpaired) electrons. The van der Waals surface area contributed by atoms with Crippen LogP contribution in [0.5, 0.6) is 0 Å². The lowest BCUT2D eigenvalue weighted by molar-refractivity contribution is -0.129. The molecule has 1 saturated heterocycles. The van der Waals surface area contributed by atoms with Gasteiger partial charge in [-0.2, -0.15) is 0 Å². The minimum absolute atomic E-state index is 0.152. The van der Waals surface area contributed by atoms with E-state index in [9.17, 15) is 9.18 Å². The van der Waals surface area contributed by atoms with Gasteiger partial charge in [-0.05, 0) is 43.0 Å². The summed E-state index contributed by atoms with van der Waals surface area (Å²) in [7, 11) is 0. The number of benzene rings is 1. The number of hydrogen-bond donors (Lipinski definition) is 1. The van der Waals surface area contributed by atoms with E-state index in [1.165, 1.54) is 6.07 Å². The van der Waals surface area contributed by atoms with Gasteiger partial charge in [0, 0.05) is 32.6 Å². The SMILES string of the molecule is CC(=O)N1CCC(NCc2cc(F)ccc2C)CC1. The summed E-state index contributed by atoms with van der Waals surface area (Å²) >= 11 is 0. The van der Waals surface area contributed by atoms with Crippen LogP contribution in [0.2, 0.25) is 0 Å². The summed E-state index contributed by atoms with van der Waals surface area (Å²) in [6.45, 7) is 5.93. The number of amides is 1. The van der Waals surface area contributed by atoms with Crippen molar-refractivity contribution < 1.29 is 9.18 Å². The lowest BCUT2D eigenvalue weighted by atomic mass is 10.0. The molecule has 1 fully saturated rings. The van der Waals surface area contributed by atoms with Gasteiger partial charge in [-0.25, -0.2) is 4.39 Å². The second-order valence-corrected chi connectivity index (χ2v) is 5.23. The van der Waals surface area contributed by atoms with E-state index in [2.05, 4.69) is 5.32 Å². The van der Waals surface area contributed by atoms with Gasteiger partial charge in [0.2, 0.25) is 5.91 Å². The summed E-state index contributed by atoms with van der Waals surface area (Å²) in [4.78, 5) is 13.1. The molecule has 1 aromatic carbocycles. The predicted molar refractivity (Wildman–Crippen MR) is 73.3 cm³/mol. The van der Waals surface area contributed by atoms with E-state index in [4.69, 9.17) is 0 Å². The monoisotopic (exact) mass is 264 g/mol. The highest BCUT2D eigenvalue weighted by Gasteiger charge is 2.20. The van der Waals surface area contributed by atoms with Gasteiger partial charge in [0.15, 0.2) is 0 Å². The zero-order valence-electron chi connectivity index (χ0n) is 11.6. The Bertz CT molecular complexity index is 453. The van der Waals surface area contributed by atoms with Crippen LogP contribution in [-0.2, 0) is 11.3 Å². The molecule has 0 atom stereocenters. The average Bonchev–Trinajstić information content (AvgIpc) is 2.40. The van der Waals surface area contributed by atoms with E-state index in [1.807, 2.05) is 17.9 Å². The molecule has 1 amide bonds. The van der Waals surface area contributed by atoms with Crippen molar-refractivity contribution in [3.63, 3.8) is 0 Å². The zero-order chi connectivity index (χ0) is 13.8. The van der Waals surface area contributed by atoms with Crippen LogP contribution in [0.15, 0.2) is 18.2 Å². The van der Waals surface area contributed by atoms with Crippen LogP contribution in [0.1, 0.15) is 30.9 Å². The van der Waals surface area contributed by atoms with Crippen LogP contribution in [0, 0.1) is 12.7 Å². The average molecular weight is 264 g/mol.